The van der Waals surface area contributed by atoms with Gasteiger partial charge in [0.15, 0.2) is 6.79 Å². The summed E-state index contributed by atoms with van der Waals surface area (Å²) >= 11 is 11.8. The summed E-state index contributed by atoms with van der Waals surface area (Å²) in [4.78, 5) is 0. The monoisotopic (exact) mass is 260 g/mol. The Morgan fingerprint density at radius 3 is 2.81 bits per heavy atom. The van der Waals surface area contributed by atoms with Gasteiger partial charge in [0.2, 0.25) is 0 Å². The quantitative estimate of drug-likeness (QED) is 0.440. The van der Waals surface area contributed by atoms with Crippen LogP contribution in [-0.4, -0.2) is 13.4 Å². The zero-order valence-electron chi connectivity index (χ0n) is 8.92. The van der Waals surface area contributed by atoms with Gasteiger partial charge < -0.3 is 9.47 Å². The molecule has 0 heterocycles. The lowest BCUT2D eigenvalue weighted by Crippen LogP contribution is -2.06. The van der Waals surface area contributed by atoms with Crippen LogP contribution >= 0.6 is 23.2 Å². The maximum atomic E-state index is 6.02. The second-order valence-corrected chi connectivity index (χ2v) is 4.61. The summed E-state index contributed by atoms with van der Waals surface area (Å²) in [6, 6.07) is 5.54. The fourth-order valence-corrected chi connectivity index (χ4v) is 1.88. The van der Waals surface area contributed by atoms with Gasteiger partial charge in [-0.1, -0.05) is 23.7 Å². The minimum atomic E-state index is 0.240. The molecule has 0 saturated heterocycles. The van der Waals surface area contributed by atoms with Gasteiger partial charge >= 0.3 is 0 Å². The molecule has 1 fully saturated rings. The molecule has 0 bridgehead atoms. The van der Waals surface area contributed by atoms with E-state index in [0.29, 0.717) is 16.7 Å². The molecule has 2 rings (SSSR count). The molecule has 0 N–H and O–H groups in total. The smallest absolute Gasteiger partial charge is 0.189 e. The van der Waals surface area contributed by atoms with E-state index in [2.05, 4.69) is 0 Å². The van der Waals surface area contributed by atoms with Crippen molar-refractivity contribution in [3.05, 3.63) is 28.8 Å². The summed E-state index contributed by atoms with van der Waals surface area (Å²) in [5.41, 5.74) is 0.893. The number of hydrogen-bond acceptors (Lipinski definition) is 2. The maximum absolute atomic E-state index is 6.02. The van der Waals surface area contributed by atoms with Gasteiger partial charge in [0.05, 0.1) is 17.5 Å². The van der Waals surface area contributed by atoms with Crippen molar-refractivity contribution < 1.29 is 9.47 Å². The highest BCUT2D eigenvalue weighted by Gasteiger charge is 2.21. The van der Waals surface area contributed by atoms with E-state index in [0.717, 1.165) is 18.1 Å². The SMILES string of the molecule is ClCc1cccc(Cl)c1OCOCC1CC1. The Labute approximate surface area is 105 Å². The third-order valence-corrected chi connectivity index (χ3v) is 3.12. The molecule has 1 aromatic carbocycles. The molecule has 0 aromatic heterocycles. The van der Waals surface area contributed by atoms with Gasteiger partial charge in [-0.25, -0.2) is 0 Å². The lowest BCUT2D eigenvalue weighted by Gasteiger charge is -2.11. The molecular formula is C12H14Cl2O2. The fourth-order valence-electron chi connectivity index (χ4n) is 1.42. The molecule has 1 saturated carbocycles. The average molecular weight is 261 g/mol. The van der Waals surface area contributed by atoms with E-state index >= 15 is 0 Å². The molecule has 16 heavy (non-hydrogen) atoms. The molecule has 88 valence electrons. The molecule has 1 aromatic rings. The van der Waals surface area contributed by atoms with Crippen molar-refractivity contribution in [2.45, 2.75) is 18.7 Å². The van der Waals surface area contributed by atoms with Crippen molar-refractivity contribution >= 4 is 23.2 Å². The Bertz CT molecular complexity index is 351. The van der Waals surface area contributed by atoms with Crippen LogP contribution in [0.1, 0.15) is 18.4 Å². The first kappa shape index (κ1) is 12.0. The summed E-state index contributed by atoms with van der Waals surface area (Å²) in [6.45, 7) is 1.02. The van der Waals surface area contributed by atoms with Crippen molar-refractivity contribution in [2.24, 2.45) is 5.92 Å². The van der Waals surface area contributed by atoms with Gasteiger partial charge in [-0.3, -0.25) is 0 Å². The first-order valence-corrected chi connectivity index (χ1v) is 6.26. The van der Waals surface area contributed by atoms with E-state index in [9.17, 15) is 0 Å². The van der Waals surface area contributed by atoms with Crippen LogP contribution in [-0.2, 0) is 10.6 Å². The van der Waals surface area contributed by atoms with E-state index in [4.69, 9.17) is 32.7 Å². The van der Waals surface area contributed by atoms with Crippen molar-refractivity contribution in [2.75, 3.05) is 13.4 Å². The van der Waals surface area contributed by atoms with Crippen LogP contribution in [0.3, 0.4) is 0 Å². The van der Waals surface area contributed by atoms with Crippen molar-refractivity contribution in [3.63, 3.8) is 0 Å². The number of para-hydroxylation sites is 1. The summed E-state index contributed by atoms with van der Waals surface area (Å²) in [5.74, 6) is 1.76. The fraction of sp³-hybridized carbons (Fsp3) is 0.500. The molecule has 1 aliphatic carbocycles. The third kappa shape index (κ3) is 3.27. The van der Waals surface area contributed by atoms with Gasteiger partial charge in [-0.05, 0) is 24.8 Å². The molecule has 0 radical (unpaired) electrons. The summed E-state index contributed by atoms with van der Waals surface area (Å²) < 4.78 is 10.9. The van der Waals surface area contributed by atoms with Crippen LogP contribution < -0.4 is 4.74 Å². The van der Waals surface area contributed by atoms with Gasteiger partial charge in [0, 0.05) is 5.56 Å². The van der Waals surface area contributed by atoms with Crippen molar-refractivity contribution in [1.29, 1.82) is 0 Å². The Balaban J connectivity index is 1.86. The molecule has 0 atom stereocenters. The molecular weight excluding hydrogens is 247 g/mol. The standard InChI is InChI=1S/C12H14Cl2O2/c13-6-10-2-1-3-11(14)12(10)16-8-15-7-9-4-5-9/h1-3,9H,4-8H2. The van der Waals surface area contributed by atoms with Gasteiger partial charge in [-0.2, -0.15) is 0 Å². The number of hydrogen-bond donors (Lipinski definition) is 0. The van der Waals surface area contributed by atoms with Gasteiger partial charge in [0.25, 0.3) is 0 Å². The number of ether oxygens (including phenoxy) is 2. The summed E-state index contributed by atoms with van der Waals surface area (Å²) in [6.07, 6.45) is 2.55. The lowest BCUT2D eigenvalue weighted by molar-refractivity contribution is 0.00963. The highest BCUT2D eigenvalue weighted by atomic mass is 35.5. The third-order valence-electron chi connectivity index (χ3n) is 2.53. The maximum Gasteiger partial charge on any atom is 0.189 e. The normalized spacial score (nSPS) is 15.1. The lowest BCUT2D eigenvalue weighted by atomic mass is 10.2. The van der Waals surface area contributed by atoms with E-state index in [1.54, 1.807) is 6.07 Å². The topological polar surface area (TPSA) is 18.5 Å². The average Bonchev–Trinajstić information content (AvgIpc) is 3.09. The predicted molar refractivity (Wildman–Crippen MR) is 65.2 cm³/mol. The minimum Gasteiger partial charge on any atom is -0.466 e. The zero-order valence-corrected chi connectivity index (χ0v) is 10.4. The Hall–Kier alpha value is -0.440. The first-order valence-electron chi connectivity index (χ1n) is 5.35. The molecule has 1 aliphatic rings. The molecule has 0 aliphatic heterocycles. The van der Waals surface area contributed by atoms with Crippen LogP contribution in [0.25, 0.3) is 0 Å². The van der Waals surface area contributed by atoms with E-state index < -0.39 is 0 Å². The van der Waals surface area contributed by atoms with Crippen LogP contribution in [0, 0.1) is 5.92 Å². The second-order valence-electron chi connectivity index (χ2n) is 3.94. The van der Waals surface area contributed by atoms with Crippen LogP contribution in [0.4, 0.5) is 0 Å². The van der Waals surface area contributed by atoms with E-state index in [1.807, 2.05) is 12.1 Å². The molecule has 0 spiro atoms. The largest absolute Gasteiger partial charge is 0.466 e. The first-order chi connectivity index (χ1) is 7.81. The molecule has 2 nitrogen and oxygen atoms in total. The van der Waals surface area contributed by atoms with E-state index in [1.165, 1.54) is 12.8 Å². The Kier molecular flexibility index (Phi) is 4.33. The number of benzene rings is 1. The zero-order chi connectivity index (χ0) is 11.4. The molecule has 0 unspecified atom stereocenters. The Morgan fingerprint density at radius 1 is 1.31 bits per heavy atom. The number of rotatable bonds is 6. The minimum absolute atomic E-state index is 0.240. The highest BCUT2D eigenvalue weighted by molar-refractivity contribution is 6.32. The van der Waals surface area contributed by atoms with E-state index in [-0.39, 0.29) is 6.79 Å². The van der Waals surface area contributed by atoms with Crippen molar-refractivity contribution in [3.8, 4) is 5.75 Å². The highest BCUT2D eigenvalue weighted by Crippen LogP contribution is 2.31. The number of alkyl halides is 1. The number of halogens is 2. The molecule has 4 heteroatoms. The second kappa shape index (κ2) is 5.76. The Morgan fingerprint density at radius 2 is 2.12 bits per heavy atom. The van der Waals surface area contributed by atoms with Crippen molar-refractivity contribution in [1.82, 2.24) is 0 Å². The van der Waals surface area contributed by atoms with Crippen LogP contribution in [0.2, 0.25) is 5.02 Å². The predicted octanol–water partition coefficient (Wildman–Crippen LogP) is 3.84. The molecule has 0 amide bonds. The summed E-state index contributed by atoms with van der Waals surface area (Å²) in [5, 5.41) is 0.577. The van der Waals surface area contributed by atoms with Crippen LogP contribution in [0.15, 0.2) is 18.2 Å². The van der Waals surface area contributed by atoms with Crippen LogP contribution in [0.5, 0.6) is 5.75 Å². The van der Waals surface area contributed by atoms with Gasteiger partial charge in [0.1, 0.15) is 5.75 Å². The summed E-state index contributed by atoms with van der Waals surface area (Å²) in [7, 11) is 0. The van der Waals surface area contributed by atoms with Gasteiger partial charge in [-0.15, -0.1) is 11.6 Å².